The fourth-order valence-electron chi connectivity index (χ4n) is 2.93. The summed E-state index contributed by atoms with van der Waals surface area (Å²) in [6.45, 7) is 0. The molecular weight excluding hydrogens is 264 g/mol. The molecule has 0 aromatic heterocycles. The number of nitrogens with zero attached hydrogens (tertiary/aromatic N) is 1. The van der Waals surface area contributed by atoms with Crippen LogP contribution in [0.2, 0.25) is 0 Å². The van der Waals surface area contributed by atoms with Crippen molar-refractivity contribution >= 4 is 11.8 Å². The lowest BCUT2D eigenvalue weighted by Gasteiger charge is -2.29. The van der Waals surface area contributed by atoms with Gasteiger partial charge in [0.1, 0.15) is 11.3 Å². The van der Waals surface area contributed by atoms with Crippen LogP contribution < -0.4 is 5.32 Å². The summed E-state index contributed by atoms with van der Waals surface area (Å²) < 4.78 is 0. The van der Waals surface area contributed by atoms with Crippen LogP contribution in [-0.2, 0) is 15.0 Å². The van der Waals surface area contributed by atoms with Gasteiger partial charge in [0.05, 0.1) is 6.07 Å². The third-order valence-corrected chi connectivity index (χ3v) is 3.88. The summed E-state index contributed by atoms with van der Waals surface area (Å²) in [4.78, 5) is 24.6. The fraction of sp³-hybridized carbons (Fsp3) is 0.118. The Hall–Kier alpha value is -2.93. The zero-order chi connectivity index (χ0) is 14.9. The molecule has 4 nitrogen and oxygen atoms in total. The molecule has 1 atom stereocenters. The zero-order valence-corrected chi connectivity index (χ0v) is 11.1. The molecular formula is C17H12N2O2. The highest BCUT2D eigenvalue weighted by molar-refractivity contribution is 6.13. The monoisotopic (exact) mass is 276 g/mol. The smallest absolute Gasteiger partial charge is 0.245 e. The van der Waals surface area contributed by atoms with Crippen LogP contribution in [0.15, 0.2) is 60.7 Å². The SMILES string of the molecule is N#C[C@@H]1C(=O)NC(=O)C1(c1ccccc1)c1ccccc1. The maximum absolute atomic E-state index is 12.6. The molecule has 1 aliphatic rings. The van der Waals surface area contributed by atoms with Crippen LogP contribution in [0.4, 0.5) is 0 Å². The Morgan fingerprint density at radius 3 is 1.81 bits per heavy atom. The lowest BCUT2D eigenvalue weighted by atomic mass is 9.67. The van der Waals surface area contributed by atoms with Crippen molar-refractivity contribution in [2.75, 3.05) is 0 Å². The topological polar surface area (TPSA) is 70.0 Å². The molecule has 2 aromatic carbocycles. The Balaban J connectivity index is 2.34. The standard InChI is InChI=1S/C17H12N2O2/c18-11-14-15(20)19-16(21)17(14,12-7-3-1-4-8-12)13-9-5-2-6-10-13/h1-10,14H,(H,19,20,21)/t14-/m1/s1. The molecule has 0 spiro atoms. The molecule has 4 heteroatoms. The van der Waals surface area contributed by atoms with Crippen molar-refractivity contribution in [2.45, 2.75) is 5.41 Å². The van der Waals surface area contributed by atoms with Crippen molar-refractivity contribution in [3.63, 3.8) is 0 Å². The molecule has 1 heterocycles. The average Bonchev–Trinajstić information content (AvgIpc) is 2.79. The van der Waals surface area contributed by atoms with Crippen molar-refractivity contribution in [2.24, 2.45) is 5.92 Å². The number of hydrogen-bond acceptors (Lipinski definition) is 3. The zero-order valence-electron chi connectivity index (χ0n) is 11.1. The van der Waals surface area contributed by atoms with E-state index in [1.165, 1.54) is 0 Å². The van der Waals surface area contributed by atoms with Gasteiger partial charge in [0.25, 0.3) is 0 Å². The number of benzene rings is 2. The molecule has 1 N–H and O–H groups in total. The van der Waals surface area contributed by atoms with Gasteiger partial charge < -0.3 is 0 Å². The number of amides is 2. The maximum atomic E-state index is 12.6. The lowest BCUT2D eigenvalue weighted by molar-refractivity contribution is -0.126. The predicted octanol–water partition coefficient (Wildman–Crippen LogP) is 1.77. The highest BCUT2D eigenvalue weighted by atomic mass is 16.2. The number of nitrogens with one attached hydrogen (secondary N) is 1. The van der Waals surface area contributed by atoms with Crippen molar-refractivity contribution in [1.29, 1.82) is 5.26 Å². The van der Waals surface area contributed by atoms with Crippen molar-refractivity contribution in [3.8, 4) is 6.07 Å². The molecule has 0 unspecified atom stereocenters. The first kappa shape index (κ1) is 13.1. The van der Waals surface area contributed by atoms with Crippen LogP contribution in [0.5, 0.6) is 0 Å². The number of rotatable bonds is 2. The summed E-state index contributed by atoms with van der Waals surface area (Å²) in [7, 11) is 0. The molecule has 2 amide bonds. The van der Waals surface area contributed by atoms with E-state index in [0.717, 1.165) is 0 Å². The van der Waals surface area contributed by atoms with Gasteiger partial charge in [-0.25, -0.2) is 0 Å². The summed E-state index contributed by atoms with van der Waals surface area (Å²) in [6.07, 6.45) is 0. The average molecular weight is 276 g/mol. The minimum Gasteiger partial charge on any atom is -0.294 e. The third-order valence-electron chi connectivity index (χ3n) is 3.88. The van der Waals surface area contributed by atoms with E-state index < -0.39 is 23.1 Å². The molecule has 0 radical (unpaired) electrons. The second-order valence-corrected chi connectivity index (χ2v) is 4.92. The second-order valence-electron chi connectivity index (χ2n) is 4.92. The van der Waals surface area contributed by atoms with E-state index in [-0.39, 0.29) is 0 Å². The number of carbonyl (C=O) groups excluding carboxylic acids is 2. The number of nitriles is 1. The first-order valence-corrected chi connectivity index (χ1v) is 6.57. The van der Waals surface area contributed by atoms with E-state index in [9.17, 15) is 14.9 Å². The number of carbonyl (C=O) groups is 2. The molecule has 21 heavy (non-hydrogen) atoms. The molecule has 2 aromatic rings. The molecule has 1 aliphatic heterocycles. The van der Waals surface area contributed by atoms with Gasteiger partial charge in [-0.2, -0.15) is 5.26 Å². The largest absolute Gasteiger partial charge is 0.294 e. The summed E-state index contributed by atoms with van der Waals surface area (Å²) in [5.74, 6) is -2.07. The Morgan fingerprint density at radius 2 is 1.38 bits per heavy atom. The quantitative estimate of drug-likeness (QED) is 0.850. The Bertz CT molecular complexity index is 693. The van der Waals surface area contributed by atoms with E-state index in [4.69, 9.17) is 0 Å². The van der Waals surface area contributed by atoms with Crippen molar-refractivity contribution in [3.05, 3.63) is 71.8 Å². The Kier molecular flexibility index (Phi) is 3.03. The summed E-state index contributed by atoms with van der Waals surface area (Å²) in [5, 5.41) is 11.8. The van der Waals surface area contributed by atoms with Crippen LogP contribution in [-0.4, -0.2) is 11.8 Å². The lowest BCUT2D eigenvalue weighted by Crippen LogP contribution is -2.40. The van der Waals surface area contributed by atoms with Crippen molar-refractivity contribution < 1.29 is 9.59 Å². The molecule has 102 valence electrons. The summed E-state index contributed by atoms with van der Waals surface area (Å²) in [5.41, 5.74) is 0.00569. The van der Waals surface area contributed by atoms with E-state index >= 15 is 0 Å². The van der Waals surface area contributed by atoms with Gasteiger partial charge in [-0.1, -0.05) is 60.7 Å². The summed E-state index contributed by atoms with van der Waals surface area (Å²) >= 11 is 0. The first-order valence-electron chi connectivity index (χ1n) is 6.57. The second kappa shape index (κ2) is 4.88. The first-order chi connectivity index (χ1) is 10.2. The minimum atomic E-state index is -1.28. The Labute approximate surface area is 122 Å². The molecule has 0 aliphatic carbocycles. The van der Waals surface area contributed by atoms with Crippen LogP contribution in [0.1, 0.15) is 11.1 Å². The molecule has 3 rings (SSSR count). The Morgan fingerprint density at radius 1 is 0.905 bits per heavy atom. The normalized spacial score (nSPS) is 19.9. The van der Waals surface area contributed by atoms with Crippen LogP contribution in [0, 0.1) is 17.2 Å². The fourth-order valence-corrected chi connectivity index (χ4v) is 2.93. The number of hydrogen-bond donors (Lipinski definition) is 1. The maximum Gasteiger partial charge on any atom is 0.245 e. The van der Waals surface area contributed by atoms with E-state index in [0.29, 0.717) is 11.1 Å². The van der Waals surface area contributed by atoms with Gasteiger partial charge in [-0.05, 0) is 11.1 Å². The van der Waals surface area contributed by atoms with Crippen molar-refractivity contribution in [1.82, 2.24) is 5.32 Å². The van der Waals surface area contributed by atoms with Gasteiger partial charge in [0, 0.05) is 0 Å². The third kappa shape index (κ3) is 1.75. The van der Waals surface area contributed by atoms with Gasteiger partial charge in [0.2, 0.25) is 11.8 Å². The summed E-state index contributed by atoms with van der Waals surface area (Å²) in [6, 6.07) is 19.9. The molecule has 0 saturated carbocycles. The molecule has 0 bridgehead atoms. The van der Waals surface area contributed by atoms with E-state index in [1.54, 1.807) is 48.5 Å². The van der Waals surface area contributed by atoms with Crippen LogP contribution in [0.25, 0.3) is 0 Å². The van der Waals surface area contributed by atoms with Gasteiger partial charge in [0.15, 0.2) is 0 Å². The van der Waals surface area contributed by atoms with Crippen LogP contribution >= 0.6 is 0 Å². The van der Waals surface area contributed by atoms with Crippen LogP contribution in [0.3, 0.4) is 0 Å². The highest BCUT2D eigenvalue weighted by Gasteiger charge is 2.57. The van der Waals surface area contributed by atoms with Gasteiger partial charge in [-0.15, -0.1) is 0 Å². The van der Waals surface area contributed by atoms with E-state index in [1.807, 2.05) is 18.2 Å². The van der Waals surface area contributed by atoms with Gasteiger partial charge in [-0.3, -0.25) is 14.9 Å². The van der Waals surface area contributed by atoms with E-state index in [2.05, 4.69) is 5.32 Å². The molecule has 1 saturated heterocycles. The predicted molar refractivity (Wildman–Crippen MR) is 75.9 cm³/mol. The highest BCUT2D eigenvalue weighted by Crippen LogP contribution is 2.42. The molecule has 1 fully saturated rings. The van der Waals surface area contributed by atoms with Gasteiger partial charge >= 0.3 is 0 Å². The minimum absolute atomic E-state index is 0.448. The number of imide groups is 1.